The van der Waals surface area contributed by atoms with Crippen molar-refractivity contribution in [1.29, 1.82) is 0 Å². The van der Waals surface area contributed by atoms with E-state index in [-0.39, 0.29) is 16.4 Å². The van der Waals surface area contributed by atoms with Gasteiger partial charge >= 0.3 is 0 Å². The minimum absolute atomic E-state index is 0.0699. The van der Waals surface area contributed by atoms with Crippen LogP contribution in [0.15, 0.2) is 56.1 Å². The van der Waals surface area contributed by atoms with Gasteiger partial charge in [-0.1, -0.05) is 30.0 Å². The molecule has 0 bridgehead atoms. The van der Waals surface area contributed by atoms with Crippen LogP contribution in [0.4, 0.5) is 0 Å². The van der Waals surface area contributed by atoms with Gasteiger partial charge in [-0.25, -0.2) is 8.42 Å². The highest BCUT2D eigenvalue weighted by Crippen LogP contribution is 2.36. The summed E-state index contributed by atoms with van der Waals surface area (Å²) in [6, 6.07) is 10.7. The van der Waals surface area contributed by atoms with Gasteiger partial charge in [-0.2, -0.15) is 4.99 Å². The summed E-state index contributed by atoms with van der Waals surface area (Å²) >= 11 is 1.34. The zero-order chi connectivity index (χ0) is 18.8. The number of aliphatic imine (C=N–C) groups is 1. The first-order chi connectivity index (χ1) is 11.6. The fourth-order valence-electron chi connectivity index (χ4n) is 2.23. The zero-order valence-corrected chi connectivity index (χ0v) is 15.7. The number of nitrogens with two attached hydrogens (primary N) is 2. The molecule has 1 amide bonds. The molecule has 0 heterocycles. The standard InChI is InChI=1S/C17H19N3O3S2/c1-10-6-4-5-7-13(10)24-14-8-11(2)12(16(21)20-17(18)19)9-15(14)25(3,22)23/h4-9H,1-3H3,(H4,18,19,20,21). The lowest BCUT2D eigenvalue weighted by atomic mass is 10.1. The summed E-state index contributed by atoms with van der Waals surface area (Å²) in [5, 5.41) is 0. The lowest BCUT2D eigenvalue weighted by Crippen LogP contribution is -2.24. The average molecular weight is 377 g/mol. The minimum Gasteiger partial charge on any atom is -0.370 e. The molecule has 0 aromatic heterocycles. The molecular weight excluding hydrogens is 358 g/mol. The number of sulfone groups is 1. The molecule has 0 aliphatic heterocycles. The van der Waals surface area contributed by atoms with Crippen LogP contribution < -0.4 is 11.5 Å². The predicted molar refractivity (Wildman–Crippen MR) is 99.7 cm³/mol. The van der Waals surface area contributed by atoms with Crippen molar-refractivity contribution in [3.05, 3.63) is 53.1 Å². The van der Waals surface area contributed by atoms with E-state index >= 15 is 0 Å². The molecule has 2 aromatic carbocycles. The van der Waals surface area contributed by atoms with E-state index in [1.54, 1.807) is 13.0 Å². The van der Waals surface area contributed by atoms with Crippen molar-refractivity contribution in [2.24, 2.45) is 16.5 Å². The van der Waals surface area contributed by atoms with Crippen molar-refractivity contribution in [2.75, 3.05) is 6.26 Å². The first kappa shape index (κ1) is 19.0. The van der Waals surface area contributed by atoms with E-state index in [1.165, 1.54) is 17.8 Å². The molecule has 25 heavy (non-hydrogen) atoms. The van der Waals surface area contributed by atoms with Crippen LogP contribution in [-0.4, -0.2) is 26.5 Å². The summed E-state index contributed by atoms with van der Waals surface area (Å²) in [5.41, 5.74) is 12.3. The lowest BCUT2D eigenvalue weighted by molar-refractivity contribution is 0.100. The number of hydrogen-bond acceptors (Lipinski definition) is 4. The number of aryl methyl sites for hydroxylation is 2. The molecule has 132 valence electrons. The fourth-order valence-corrected chi connectivity index (χ4v) is 4.57. The first-order valence-corrected chi connectivity index (χ1v) is 10.0. The Morgan fingerprint density at radius 2 is 1.68 bits per heavy atom. The van der Waals surface area contributed by atoms with Crippen LogP contribution in [0.25, 0.3) is 0 Å². The molecule has 6 nitrogen and oxygen atoms in total. The highest BCUT2D eigenvalue weighted by Gasteiger charge is 2.20. The van der Waals surface area contributed by atoms with E-state index in [1.807, 2.05) is 31.2 Å². The van der Waals surface area contributed by atoms with Gasteiger partial charge in [0.15, 0.2) is 15.8 Å². The van der Waals surface area contributed by atoms with Gasteiger partial charge in [0.25, 0.3) is 5.91 Å². The largest absolute Gasteiger partial charge is 0.370 e. The number of hydrogen-bond donors (Lipinski definition) is 2. The van der Waals surface area contributed by atoms with Crippen molar-refractivity contribution in [3.63, 3.8) is 0 Å². The maximum absolute atomic E-state index is 12.2. The molecule has 0 aliphatic rings. The highest BCUT2D eigenvalue weighted by molar-refractivity contribution is 8.00. The van der Waals surface area contributed by atoms with Gasteiger partial charge in [0.1, 0.15) is 0 Å². The summed E-state index contributed by atoms with van der Waals surface area (Å²) in [7, 11) is -3.55. The van der Waals surface area contributed by atoms with Crippen LogP contribution in [0, 0.1) is 13.8 Å². The molecule has 0 fully saturated rings. The molecule has 0 saturated heterocycles. The van der Waals surface area contributed by atoms with Gasteiger partial charge in [0.05, 0.1) is 4.90 Å². The Morgan fingerprint density at radius 1 is 1.04 bits per heavy atom. The van der Waals surface area contributed by atoms with Crippen molar-refractivity contribution < 1.29 is 13.2 Å². The number of nitrogens with zero attached hydrogens (tertiary/aromatic N) is 1. The maximum Gasteiger partial charge on any atom is 0.280 e. The first-order valence-electron chi connectivity index (χ1n) is 7.31. The molecular formula is C17H19N3O3S2. The Morgan fingerprint density at radius 3 is 2.24 bits per heavy atom. The van der Waals surface area contributed by atoms with E-state index in [4.69, 9.17) is 11.5 Å². The molecule has 8 heteroatoms. The average Bonchev–Trinajstić information content (AvgIpc) is 2.47. The molecule has 0 saturated carbocycles. The van der Waals surface area contributed by atoms with E-state index in [2.05, 4.69) is 4.99 Å². The summed E-state index contributed by atoms with van der Waals surface area (Å²) in [6.07, 6.45) is 1.11. The van der Waals surface area contributed by atoms with E-state index in [9.17, 15) is 13.2 Å². The van der Waals surface area contributed by atoms with Gasteiger partial charge in [0, 0.05) is 21.6 Å². The van der Waals surface area contributed by atoms with Crippen LogP contribution in [0.5, 0.6) is 0 Å². The Labute approximate surface area is 151 Å². The third-order valence-electron chi connectivity index (χ3n) is 3.46. The second kappa shape index (κ2) is 7.28. The van der Waals surface area contributed by atoms with Gasteiger partial charge in [-0.05, 0) is 43.2 Å². The SMILES string of the molecule is Cc1ccccc1Sc1cc(C)c(C(=O)N=C(N)N)cc1S(C)(=O)=O. The van der Waals surface area contributed by atoms with Crippen molar-refractivity contribution in [1.82, 2.24) is 0 Å². The van der Waals surface area contributed by atoms with E-state index < -0.39 is 15.7 Å². The van der Waals surface area contributed by atoms with Crippen molar-refractivity contribution in [2.45, 2.75) is 28.5 Å². The molecule has 2 aromatic rings. The van der Waals surface area contributed by atoms with Crippen molar-refractivity contribution in [3.8, 4) is 0 Å². The maximum atomic E-state index is 12.2. The molecule has 0 unspecified atom stereocenters. The Bertz CT molecular complexity index is 963. The highest BCUT2D eigenvalue weighted by atomic mass is 32.2. The second-order valence-electron chi connectivity index (χ2n) is 5.60. The van der Waals surface area contributed by atoms with Gasteiger partial charge in [-0.3, -0.25) is 4.79 Å². The third-order valence-corrected chi connectivity index (χ3v) is 5.97. The number of carbonyl (C=O) groups is 1. The lowest BCUT2D eigenvalue weighted by Gasteiger charge is -2.13. The third kappa shape index (κ3) is 4.61. The predicted octanol–water partition coefficient (Wildman–Crippen LogP) is 2.27. The molecule has 0 aliphatic carbocycles. The fraction of sp³-hybridized carbons (Fsp3) is 0.176. The summed E-state index contributed by atoms with van der Waals surface area (Å²) in [5.74, 6) is -1.04. The second-order valence-corrected chi connectivity index (χ2v) is 8.66. The van der Waals surface area contributed by atoms with E-state index in [0.29, 0.717) is 10.5 Å². The number of rotatable bonds is 4. The summed E-state index contributed by atoms with van der Waals surface area (Å²) < 4.78 is 24.5. The zero-order valence-electron chi connectivity index (χ0n) is 14.1. The topological polar surface area (TPSA) is 116 Å². The van der Waals surface area contributed by atoms with Gasteiger partial charge in [-0.15, -0.1) is 0 Å². The number of amides is 1. The Balaban J connectivity index is 2.62. The smallest absolute Gasteiger partial charge is 0.280 e. The van der Waals surface area contributed by atoms with Crippen molar-refractivity contribution >= 4 is 33.5 Å². The summed E-state index contributed by atoms with van der Waals surface area (Å²) in [4.78, 5) is 17.2. The molecule has 0 spiro atoms. The van der Waals surface area contributed by atoms with Crippen LogP contribution in [0.1, 0.15) is 21.5 Å². The van der Waals surface area contributed by atoms with Crippen LogP contribution in [-0.2, 0) is 9.84 Å². The minimum atomic E-state index is -3.55. The van der Waals surface area contributed by atoms with Crippen LogP contribution in [0.3, 0.4) is 0 Å². The number of guanidine groups is 1. The monoisotopic (exact) mass is 377 g/mol. The molecule has 4 N–H and O–H groups in total. The quantitative estimate of drug-likeness (QED) is 0.624. The molecule has 2 rings (SSSR count). The molecule has 0 radical (unpaired) electrons. The van der Waals surface area contributed by atoms with Crippen LogP contribution >= 0.6 is 11.8 Å². The number of carbonyl (C=O) groups excluding carboxylic acids is 1. The van der Waals surface area contributed by atoms with Gasteiger partial charge < -0.3 is 11.5 Å². The Kier molecular flexibility index (Phi) is 5.54. The van der Waals surface area contributed by atoms with Crippen LogP contribution in [0.2, 0.25) is 0 Å². The summed E-state index contributed by atoms with van der Waals surface area (Å²) in [6.45, 7) is 3.66. The molecule has 0 atom stereocenters. The van der Waals surface area contributed by atoms with E-state index in [0.717, 1.165) is 16.7 Å². The Hall–Kier alpha value is -2.32. The number of benzene rings is 2. The normalized spacial score (nSPS) is 11.2. The van der Waals surface area contributed by atoms with Gasteiger partial charge in [0.2, 0.25) is 0 Å².